The molecule has 1 heterocycles. The molecule has 2 atom stereocenters. The second-order valence-corrected chi connectivity index (χ2v) is 5.25. The van der Waals surface area contributed by atoms with Crippen molar-refractivity contribution < 1.29 is 5.11 Å². The molecule has 108 valence electrons. The average Bonchev–Trinajstić information content (AvgIpc) is 2.51. The SMILES string of the molecule is N#C[C@@H](c1ccccc1)[C@H](CCO)c1nc(Cl)cnc1Cl. The number of hydrogen-bond donors (Lipinski definition) is 1. The fourth-order valence-electron chi connectivity index (χ4n) is 2.26. The molecule has 0 saturated heterocycles. The van der Waals surface area contributed by atoms with E-state index in [0.717, 1.165) is 5.56 Å². The number of halogens is 2. The fourth-order valence-corrected chi connectivity index (χ4v) is 2.63. The molecule has 0 unspecified atom stereocenters. The van der Waals surface area contributed by atoms with Crippen LogP contribution in [0.1, 0.15) is 29.5 Å². The molecule has 21 heavy (non-hydrogen) atoms. The zero-order valence-corrected chi connectivity index (χ0v) is 12.6. The molecule has 0 spiro atoms. The largest absolute Gasteiger partial charge is 0.396 e. The molecule has 0 radical (unpaired) electrons. The van der Waals surface area contributed by atoms with E-state index < -0.39 is 5.92 Å². The summed E-state index contributed by atoms with van der Waals surface area (Å²) in [6.07, 6.45) is 1.70. The van der Waals surface area contributed by atoms with Gasteiger partial charge in [0.05, 0.1) is 23.9 Å². The zero-order valence-electron chi connectivity index (χ0n) is 11.1. The quantitative estimate of drug-likeness (QED) is 0.914. The molecule has 0 saturated carbocycles. The van der Waals surface area contributed by atoms with Crippen LogP contribution in [-0.4, -0.2) is 21.7 Å². The van der Waals surface area contributed by atoms with E-state index in [1.54, 1.807) is 0 Å². The predicted molar refractivity (Wildman–Crippen MR) is 81.3 cm³/mol. The lowest BCUT2D eigenvalue weighted by Crippen LogP contribution is -2.14. The van der Waals surface area contributed by atoms with Gasteiger partial charge in [0.2, 0.25) is 0 Å². The number of hydrogen-bond acceptors (Lipinski definition) is 4. The third-order valence-corrected chi connectivity index (χ3v) is 3.69. The molecule has 2 rings (SSSR count). The molecular weight excluding hydrogens is 309 g/mol. The highest BCUT2D eigenvalue weighted by atomic mass is 35.5. The molecule has 0 amide bonds. The van der Waals surface area contributed by atoms with E-state index in [4.69, 9.17) is 23.2 Å². The number of rotatable bonds is 5. The summed E-state index contributed by atoms with van der Waals surface area (Å²) < 4.78 is 0. The molecule has 0 bridgehead atoms. The van der Waals surface area contributed by atoms with Crippen LogP contribution in [0.5, 0.6) is 0 Å². The summed E-state index contributed by atoms with van der Waals surface area (Å²) in [6.45, 7) is -0.0831. The maximum atomic E-state index is 9.54. The van der Waals surface area contributed by atoms with E-state index in [1.807, 2.05) is 30.3 Å². The van der Waals surface area contributed by atoms with Gasteiger partial charge in [0, 0.05) is 12.5 Å². The van der Waals surface area contributed by atoms with E-state index in [9.17, 15) is 10.4 Å². The first-order valence-corrected chi connectivity index (χ1v) is 7.16. The Morgan fingerprint density at radius 2 is 1.95 bits per heavy atom. The lowest BCUT2D eigenvalue weighted by Gasteiger charge is -2.21. The van der Waals surface area contributed by atoms with Crippen LogP contribution in [0.25, 0.3) is 0 Å². The van der Waals surface area contributed by atoms with Gasteiger partial charge in [-0.3, -0.25) is 0 Å². The molecule has 6 heteroatoms. The second-order valence-electron chi connectivity index (χ2n) is 4.51. The molecule has 1 aromatic heterocycles. The maximum absolute atomic E-state index is 9.54. The number of aromatic nitrogens is 2. The van der Waals surface area contributed by atoms with Crippen molar-refractivity contribution in [2.24, 2.45) is 0 Å². The number of aliphatic hydroxyl groups is 1. The van der Waals surface area contributed by atoms with Gasteiger partial charge in [0.1, 0.15) is 5.15 Å². The van der Waals surface area contributed by atoms with Crippen molar-refractivity contribution in [3.63, 3.8) is 0 Å². The topological polar surface area (TPSA) is 69.8 Å². The molecule has 2 aromatic rings. The van der Waals surface area contributed by atoms with E-state index in [1.165, 1.54) is 6.20 Å². The maximum Gasteiger partial charge on any atom is 0.150 e. The Hall–Kier alpha value is -1.67. The normalized spacial score (nSPS) is 13.4. The molecule has 0 aliphatic rings. The molecule has 4 nitrogen and oxygen atoms in total. The zero-order chi connectivity index (χ0) is 15.2. The minimum absolute atomic E-state index is 0.0831. The van der Waals surface area contributed by atoms with Gasteiger partial charge in [-0.2, -0.15) is 5.26 Å². The van der Waals surface area contributed by atoms with Gasteiger partial charge < -0.3 is 5.11 Å². The number of nitriles is 1. The summed E-state index contributed by atoms with van der Waals surface area (Å²) >= 11 is 12.0. The Bertz CT molecular complexity index is 643. The lowest BCUT2D eigenvalue weighted by atomic mass is 9.83. The Morgan fingerprint density at radius 3 is 2.57 bits per heavy atom. The monoisotopic (exact) mass is 321 g/mol. The Morgan fingerprint density at radius 1 is 1.24 bits per heavy atom. The van der Waals surface area contributed by atoms with Crippen molar-refractivity contribution in [2.45, 2.75) is 18.3 Å². The van der Waals surface area contributed by atoms with E-state index >= 15 is 0 Å². The number of aliphatic hydroxyl groups excluding tert-OH is 1. The molecule has 1 aromatic carbocycles. The van der Waals surface area contributed by atoms with E-state index in [-0.39, 0.29) is 22.8 Å². The Kier molecular flexibility index (Phi) is 5.51. The third-order valence-electron chi connectivity index (χ3n) is 3.21. The van der Waals surface area contributed by atoms with Crippen molar-refractivity contribution in [3.05, 3.63) is 58.1 Å². The first kappa shape index (κ1) is 15.7. The van der Waals surface area contributed by atoms with Crippen molar-refractivity contribution in [1.29, 1.82) is 5.26 Å². The van der Waals surface area contributed by atoms with Crippen LogP contribution < -0.4 is 0 Å². The average molecular weight is 322 g/mol. The van der Waals surface area contributed by atoms with Crippen LogP contribution in [0, 0.1) is 11.3 Å². The van der Waals surface area contributed by atoms with E-state index in [0.29, 0.717) is 12.1 Å². The fraction of sp³-hybridized carbons (Fsp3) is 0.267. The number of benzene rings is 1. The lowest BCUT2D eigenvalue weighted by molar-refractivity contribution is 0.271. The van der Waals surface area contributed by atoms with Crippen LogP contribution in [0.15, 0.2) is 36.5 Å². The van der Waals surface area contributed by atoms with E-state index in [2.05, 4.69) is 16.0 Å². The summed E-state index contributed by atoms with van der Waals surface area (Å²) in [7, 11) is 0. The van der Waals surface area contributed by atoms with Gasteiger partial charge in [-0.1, -0.05) is 53.5 Å². The molecular formula is C15H13Cl2N3O. The van der Waals surface area contributed by atoms with Crippen molar-refractivity contribution >= 4 is 23.2 Å². The summed E-state index contributed by atoms with van der Waals surface area (Å²) in [4.78, 5) is 8.17. The third kappa shape index (κ3) is 3.70. The minimum Gasteiger partial charge on any atom is -0.396 e. The predicted octanol–water partition coefficient (Wildman–Crippen LogP) is 3.56. The standard InChI is InChI=1S/C15H13Cl2N3O/c16-13-9-19-15(17)14(20-13)11(6-7-21)12(8-18)10-4-2-1-3-5-10/h1-5,9,11-12,21H,6-7H2/t11-,12-/m0/s1. The van der Waals surface area contributed by atoms with Crippen molar-refractivity contribution in [2.75, 3.05) is 6.61 Å². The molecule has 0 aliphatic carbocycles. The van der Waals surface area contributed by atoms with Gasteiger partial charge in [-0.25, -0.2) is 9.97 Å². The summed E-state index contributed by atoms with van der Waals surface area (Å²) in [5.41, 5.74) is 1.28. The Labute approximate surface area is 133 Å². The van der Waals surface area contributed by atoms with Gasteiger partial charge in [-0.15, -0.1) is 0 Å². The second kappa shape index (κ2) is 7.37. The summed E-state index contributed by atoms with van der Waals surface area (Å²) in [6, 6.07) is 11.6. The minimum atomic E-state index is -0.483. The molecule has 1 N–H and O–H groups in total. The first-order chi connectivity index (χ1) is 10.2. The summed E-state index contributed by atoms with van der Waals surface area (Å²) in [5.74, 6) is -0.857. The Balaban J connectivity index is 2.47. The van der Waals surface area contributed by atoms with Crippen LogP contribution in [0.2, 0.25) is 10.3 Å². The van der Waals surface area contributed by atoms with Crippen LogP contribution in [0.4, 0.5) is 0 Å². The van der Waals surface area contributed by atoms with Gasteiger partial charge in [-0.05, 0) is 12.0 Å². The molecule has 0 fully saturated rings. The van der Waals surface area contributed by atoms with Crippen LogP contribution in [-0.2, 0) is 0 Å². The van der Waals surface area contributed by atoms with Gasteiger partial charge >= 0.3 is 0 Å². The first-order valence-electron chi connectivity index (χ1n) is 6.40. The van der Waals surface area contributed by atoms with Crippen LogP contribution in [0.3, 0.4) is 0 Å². The van der Waals surface area contributed by atoms with Crippen molar-refractivity contribution in [1.82, 2.24) is 9.97 Å². The van der Waals surface area contributed by atoms with Gasteiger partial charge in [0.25, 0.3) is 0 Å². The number of nitrogens with zero attached hydrogens (tertiary/aromatic N) is 3. The smallest absolute Gasteiger partial charge is 0.150 e. The highest BCUT2D eigenvalue weighted by molar-refractivity contribution is 6.31. The summed E-state index contributed by atoms with van der Waals surface area (Å²) in [5, 5.41) is 19.3. The highest BCUT2D eigenvalue weighted by Gasteiger charge is 2.28. The molecule has 0 aliphatic heterocycles. The van der Waals surface area contributed by atoms with Crippen molar-refractivity contribution in [3.8, 4) is 6.07 Å². The highest BCUT2D eigenvalue weighted by Crippen LogP contribution is 2.37. The van der Waals surface area contributed by atoms with Gasteiger partial charge in [0.15, 0.2) is 5.15 Å². The van der Waals surface area contributed by atoms with Crippen LogP contribution >= 0.6 is 23.2 Å².